The van der Waals surface area contributed by atoms with Gasteiger partial charge in [-0.25, -0.2) is 9.18 Å². The first-order valence-electron chi connectivity index (χ1n) is 7.38. The van der Waals surface area contributed by atoms with Crippen molar-refractivity contribution in [1.82, 2.24) is 4.90 Å². The molecule has 3 rings (SSSR count). The summed E-state index contributed by atoms with van der Waals surface area (Å²) in [5.74, 6) is -2.20. The summed E-state index contributed by atoms with van der Waals surface area (Å²) in [5, 5.41) is 8.82. The average Bonchev–Trinajstić information content (AvgIpc) is 2.85. The number of hydrogen-bond donors (Lipinski definition) is 1. The van der Waals surface area contributed by atoms with E-state index in [0.29, 0.717) is 22.9 Å². The molecule has 2 aromatic carbocycles. The molecule has 132 valence electrons. The Labute approximate surface area is 157 Å². The number of aromatic carboxylic acids is 1. The lowest BCUT2D eigenvalue weighted by Crippen LogP contribution is -2.27. The highest BCUT2D eigenvalue weighted by Crippen LogP contribution is 2.34. The van der Waals surface area contributed by atoms with Crippen LogP contribution in [0.5, 0.6) is 0 Å². The van der Waals surface area contributed by atoms with Crippen LogP contribution in [0.3, 0.4) is 0 Å². The number of amides is 2. The number of nitrogens with zero attached hydrogens (tertiary/aromatic N) is 1. The molecule has 1 aliphatic rings. The lowest BCUT2D eigenvalue weighted by atomic mass is 10.1. The second-order valence-corrected chi connectivity index (χ2v) is 6.80. The predicted molar refractivity (Wildman–Crippen MR) is 96.3 cm³/mol. The zero-order chi connectivity index (χ0) is 18.8. The molecule has 0 aliphatic carbocycles. The first kappa shape index (κ1) is 18.2. The van der Waals surface area contributed by atoms with Crippen molar-refractivity contribution in [1.29, 1.82) is 0 Å². The van der Waals surface area contributed by atoms with Crippen LogP contribution in [-0.4, -0.2) is 27.1 Å². The van der Waals surface area contributed by atoms with Gasteiger partial charge in [-0.2, -0.15) is 0 Å². The fourth-order valence-electron chi connectivity index (χ4n) is 2.42. The first-order chi connectivity index (χ1) is 12.4. The van der Waals surface area contributed by atoms with E-state index in [4.69, 9.17) is 11.6 Å². The van der Waals surface area contributed by atoms with Crippen molar-refractivity contribution in [2.24, 2.45) is 0 Å². The minimum atomic E-state index is -1.13. The summed E-state index contributed by atoms with van der Waals surface area (Å²) in [4.78, 5) is 37.1. The molecule has 1 N–H and O–H groups in total. The molecule has 1 saturated heterocycles. The number of carbonyl (C=O) groups excluding carboxylic acids is 2. The van der Waals surface area contributed by atoms with Gasteiger partial charge in [0.15, 0.2) is 0 Å². The second-order valence-electron chi connectivity index (χ2n) is 5.40. The van der Waals surface area contributed by atoms with E-state index in [-0.39, 0.29) is 22.0 Å². The molecule has 0 aromatic heterocycles. The summed E-state index contributed by atoms with van der Waals surface area (Å²) < 4.78 is 13.1. The summed E-state index contributed by atoms with van der Waals surface area (Å²) in [5.41, 5.74) is 0.786. The van der Waals surface area contributed by atoms with Crippen LogP contribution in [-0.2, 0) is 11.3 Å². The molecule has 2 aromatic rings. The van der Waals surface area contributed by atoms with Gasteiger partial charge in [0, 0.05) is 5.02 Å². The van der Waals surface area contributed by atoms with Crippen LogP contribution < -0.4 is 0 Å². The molecule has 26 heavy (non-hydrogen) atoms. The van der Waals surface area contributed by atoms with E-state index in [1.54, 1.807) is 18.2 Å². The maximum atomic E-state index is 13.1. The van der Waals surface area contributed by atoms with Crippen LogP contribution in [0.4, 0.5) is 9.18 Å². The number of hydrogen-bond acceptors (Lipinski definition) is 4. The van der Waals surface area contributed by atoms with Gasteiger partial charge >= 0.3 is 5.97 Å². The van der Waals surface area contributed by atoms with E-state index in [9.17, 15) is 23.9 Å². The molecular weight excluding hydrogens is 381 g/mol. The number of carboxylic acid groups (broad SMARTS) is 1. The van der Waals surface area contributed by atoms with Gasteiger partial charge in [0.25, 0.3) is 11.1 Å². The SMILES string of the molecule is O=C(O)c1ccccc1/C=C1\SC(=O)N(Cc2ccc(F)cc2Cl)C1=O. The highest BCUT2D eigenvalue weighted by atomic mass is 35.5. The maximum absolute atomic E-state index is 13.1. The molecule has 1 aliphatic heterocycles. The molecule has 0 atom stereocenters. The smallest absolute Gasteiger partial charge is 0.336 e. The van der Waals surface area contributed by atoms with Crippen LogP contribution in [0.1, 0.15) is 21.5 Å². The third-order valence-electron chi connectivity index (χ3n) is 3.69. The van der Waals surface area contributed by atoms with Gasteiger partial charge in [0.05, 0.1) is 17.0 Å². The fraction of sp³-hybridized carbons (Fsp3) is 0.0556. The minimum absolute atomic E-state index is 0.0286. The average molecular weight is 392 g/mol. The van der Waals surface area contributed by atoms with Crippen molar-refractivity contribution >= 4 is 46.6 Å². The molecule has 1 fully saturated rings. The second kappa shape index (κ2) is 7.31. The number of rotatable bonds is 4. The molecule has 1 heterocycles. The third-order valence-corrected chi connectivity index (χ3v) is 4.95. The molecule has 0 bridgehead atoms. The number of imide groups is 1. The predicted octanol–water partition coefficient (Wildman–Crippen LogP) is 4.41. The Bertz CT molecular complexity index is 960. The highest BCUT2D eigenvalue weighted by molar-refractivity contribution is 8.18. The van der Waals surface area contributed by atoms with Crippen LogP contribution in [0, 0.1) is 5.82 Å². The van der Waals surface area contributed by atoms with Crippen molar-refractivity contribution in [3.8, 4) is 0 Å². The Morgan fingerprint density at radius 3 is 2.65 bits per heavy atom. The van der Waals surface area contributed by atoms with Gasteiger partial charge in [-0.1, -0.05) is 35.9 Å². The zero-order valence-corrected chi connectivity index (χ0v) is 14.7. The van der Waals surface area contributed by atoms with Crippen LogP contribution in [0.2, 0.25) is 5.02 Å². The van der Waals surface area contributed by atoms with E-state index in [0.717, 1.165) is 11.0 Å². The Kier molecular flexibility index (Phi) is 5.11. The summed E-state index contributed by atoms with van der Waals surface area (Å²) in [7, 11) is 0. The van der Waals surface area contributed by atoms with Crippen molar-refractivity contribution in [3.05, 3.63) is 74.9 Å². The van der Waals surface area contributed by atoms with E-state index in [1.807, 2.05) is 0 Å². The number of carbonyl (C=O) groups is 3. The van der Waals surface area contributed by atoms with Crippen molar-refractivity contribution in [2.75, 3.05) is 0 Å². The van der Waals surface area contributed by atoms with Crippen LogP contribution in [0.25, 0.3) is 6.08 Å². The van der Waals surface area contributed by atoms with Gasteiger partial charge in [-0.3, -0.25) is 14.5 Å². The van der Waals surface area contributed by atoms with Crippen molar-refractivity contribution < 1.29 is 23.9 Å². The van der Waals surface area contributed by atoms with E-state index in [2.05, 4.69) is 0 Å². The van der Waals surface area contributed by atoms with Gasteiger partial charge in [0.2, 0.25) is 0 Å². The lowest BCUT2D eigenvalue weighted by Gasteiger charge is -2.13. The number of thioether (sulfide) groups is 1. The fourth-order valence-corrected chi connectivity index (χ4v) is 3.47. The quantitative estimate of drug-likeness (QED) is 0.781. The molecule has 2 amide bonds. The van der Waals surface area contributed by atoms with Gasteiger partial charge < -0.3 is 5.11 Å². The Hall–Kier alpha value is -2.64. The van der Waals surface area contributed by atoms with Crippen molar-refractivity contribution in [3.63, 3.8) is 0 Å². The summed E-state index contributed by atoms with van der Waals surface area (Å²) in [6.45, 7) is -0.0955. The standard InChI is InChI=1S/C18H11ClFNO4S/c19-14-8-12(20)6-5-11(14)9-21-16(22)15(26-18(21)25)7-10-3-1-2-4-13(10)17(23)24/h1-8H,9H2,(H,23,24)/b15-7-. The topological polar surface area (TPSA) is 74.7 Å². The molecule has 0 unspecified atom stereocenters. The largest absolute Gasteiger partial charge is 0.478 e. The highest BCUT2D eigenvalue weighted by Gasteiger charge is 2.35. The minimum Gasteiger partial charge on any atom is -0.478 e. The summed E-state index contributed by atoms with van der Waals surface area (Å²) in [6, 6.07) is 9.88. The van der Waals surface area contributed by atoms with Crippen LogP contribution in [0.15, 0.2) is 47.4 Å². The zero-order valence-electron chi connectivity index (χ0n) is 13.1. The number of benzene rings is 2. The van der Waals surface area contributed by atoms with Crippen LogP contribution >= 0.6 is 23.4 Å². The van der Waals surface area contributed by atoms with Gasteiger partial charge in [-0.15, -0.1) is 0 Å². The Morgan fingerprint density at radius 2 is 1.96 bits per heavy atom. The lowest BCUT2D eigenvalue weighted by molar-refractivity contribution is -0.123. The maximum Gasteiger partial charge on any atom is 0.336 e. The number of halogens is 2. The van der Waals surface area contributed by atoms with E-state index >= 15 is 0 Å². The third kappa shape index (κ3) is 3.63. The monoisotopic (exact) mass is 391 g/mol. The molecule has 5 nitrogen and oxygen atoms in total. The molecule has 0 spiro atoms. The van der Waals surface area contributed by atoms with E-state index < -0.39 is 22.9 Å². The van der Waals surface area contributed by atoms with Crippen molar-refractivity contribution in [2.45, 2.75) is 6.54 Å². The molecule has 8 heteroatoms. The first-order valence-corrected chi connectivity index (χ1v) is 8.58. The molecule has 0 radical (unpaired) electrons. The number of carboxylic acids is 1. The Balaban J connectivity index is 1.89. The normalized spacial score (nSPS) is 15.8. The van der Waals surface area contributed by atoms with Gasteiger partial charge in [-0.05, 0) is 47.2 Å². The molecular formula is C18H11ClFNO4S. The summed E-state index contributed by atoms with van der Waals surface area (Å²) >= 11 is 6.66. The Morgan fingerprint density at radius 1 is 1.23 bits per heavy atom. The molecule has 0 saturated carbocycles. The van der Waals surface area contributed by atoms with E-state index in [1.165, 1.54) is 24.3 Å². The summed E-state index contributed by atoms with van der Waals surface area (Å²) in [6.07, 6.45) is 1.38. The van der Waals surface area contributed by atoms with Gasteiger partial charge in [0.1, 0.15) is 5.82 Å².